The maximum absolute atomic E-state index is 11.9. The second-order valence-corrected chi connectivity index (χ2v) is 3.84. The van der Waals surface area contributed by atoms with Gasteiger partial charge in [-0.25, -0.2) is 0 Å². The Bertz CT molecular complexity index is 161. The zero-order valence-corrected chi connectivity index (χ0v) is 10.8. The molecule has 0 fully saturated rings. The number of nitrogens with zero attached hydrogens (tertiary/aromatic N) is 2. The minimum absolute atomic E-state index is 0.280. The van der Waals surface area contributed by atoms with Gasteiger partial charge in [0.15, 0.2) is 0 Å². The van der Waals surface area contributed by atoms with E-state index in [1.54, 1.807) is 0 Å². The van der Waals surface area contributed by atoms with E-state index in [2.05, 4.69) is 32.6 Å². The molecule has 90 valence electrons. The number of hydrogen-bond acceptors (Lipinski definition) is 2. The SMILES string of the molecule is CCCN(CCC)C(=O)CN(CC)CC. The fourth-order valence-corrected chi connectivity index (χ4v) is 1.64. The number of likely N-dealkylation sites (N-methyl/N-ethyl adjacent to an activating group) is 1. The van der Waals surface area contributed by atoms with Crippen LogP contribution in [-0.2, 0) is 4.79 Å². The summed E-state index contributed by atoms with van der Waals surface area (Å²) >= 11 is 0. The topological polar surface area (TPSA) is 23.6 Å². The highest BCUT2D eigenvalue weighted by Crippen LogP contribution is 1.98. The van der Waals surface area contributed by atoms with Crippen LogP contribution in [-0.4, -0.2) is 48.4 Å². The van der Waals surface area contributed by atoms with E-state index in [0.717, 1.165) is 39.0 Å². The van der Waals surface area contributed by atoms with Gasteiger partial charge < -0.3 is 4.90 Å². The molecule has 0 aliphatic rings. The highest BCUT2D eigenvalue weighted by atomic mass is 16.2. The van der Waals surface area contributed by atoms with E-state index >= 15 is 0 Å². The van der Waals surface area contributed by atoms with Crippen LogP contribution >= 0.6 is 0 Å². The lowest BCUT2D eigenvalue weighted by Crippen LogP contribution is -2.41. The smallest absolute Gasteiger partial charge is 0.236 e. The van der Waals surface area contributed by atoms with Crippen molar-refractivity contribution in [3.8, 4) is 0 Å². The molecular weight excluding hydrogens is 188 g/mol. The largest absolute Gasteiger partial charge is 0.342 e. The number of amides is 1. The van der Waals surface area contributed by atoms with Crippen molar-refractivity contribution in [2.24, 2.45) is 0 Å². The molecule has 1 amide bonds. The van der Waals surface area contributed by atoms with Crippen LogP contribution in [0.3, 0.4) is 0 Å². The summed E-state index contributed by atoms with van der Waals surface area (Å²) < 4.78 is 0. The van der Waals surface area contributed by atoms with Gasteiger partial charge in [-0.05, 0) is 25.9 Å². The Morgan fingerprint density at radius 2 is 1.40 bits per heavy atom. The van der Waals surface area contributed by atoms with Crippen molar-refractivity contribution >= 4 is 5.91 Å². The Morgan fingerprint density at radius 3 is 1.73 bits per heavy atom. The predicted octanol–water partition coefficient (Wildman–Crippen LogP) is 1.98. The quantitative estimate of drug-likeness (QED) is 0.617. The highest BCUT2D eigenvalue weighted by Gasteiger charge is 2.13. The molecule has 0 aromatic rings. The van der Waals surface area contributed by atoms with E-state index in [9.17, 15) is 4.79 Å². The van der Waals surface area contributed by atoms with Gasteiger partial charge >= 0.3 is 0 Å². The van der Waals surface area contributed by atoms with Gasteiger partial charge in [-0.2, -0.15) is 0 Å². The van der Waals surface area contributed by atoms with Gasteiger partial charge in [0.1, 0.15) is 0 Å². The molecule has 0 spiro atoms. The average molecular weight is 214 g/mol. The van der Waals surface area contributed by atoms with E-state index < -0.39 is 0 Å². The van der Waals surface area contributed by atoms with Crippen LogP contribution in [0.25, 0.3) is 0 Å². The first kappa shape index (κ1) is 14.4. The normalized spacial score (nSPS) is 10.7. The van der Waals surface area contributed by atoms with Crippen LogP contribution in [0.1, 0.15) is 40.5 Å². The molecule has 0 unspecified atom stereocenters. The molecule has 0 radical (unpaired) electrons. The minimum Gasteiger partial charge on any atom is -0.342 e. The lowest BCUT2D eigenvalue weighted by Gasteiger charge is -2.25. The summed E-state index contributed by atoms with van der Waals surface area (Å²) in [4.78, 5) is 16.1. The van der Waals surface area contributed by atoms with Gasteiger partial charge in [0.05, 0.1) is 6.54 Å². The van der Waals surface area contributed by atoms with Crippen LogP contribution in [0, 0.1) is 0 Å². The van der Waals surface area contributed by atoms with Gasteiger partial charge in [-0.1, -0.05) is 27.7 Å². The summed E-state index contributed by atoms with van der Waals surface area (Å²) in [5, 5.41) is 0. The highest BCUT2D eigenvalue weighted by molar-refractivity contribution is 5.78. The summed E-state index contributed by atoms with van der Waals surface area (Å²) in [6.45, 7) is 12.7. The first-order chi connectivity index (χ1) is 7.19. The zero-order valence-electron chi connectivity index (χ0n) is 10.8. The first-order valence-corrected chi connectivity index (χ1v) is 6.19. The lowest BCUT2D eigenvalue weighted by atomic mass is 10.3. The van der Waals surface area contributed by atoms with Gasteiger partial charge in [-0.3, -0.25) is 9.69 Å². The second kappa shape index (κ2) is 8.72. The van der Waals surface area contributed by atoms with E-state index in [1.165, 1.54) is 0 Å². The van der Waals surface area contributed by atoms with Crippen LogP contribution in [0.15, 0.2) is 0 Å². The summed E-state index contributed by atoms with van der Waals surface area (Å²) in [5.41, 5.74) is 0. The summed E-state index contributed by atoms with van der Waals surface area (Å²) in [5.74, 6) is 0.280. The van der Waals surface area contributed by atoms with Crippen molar-refractivity contribution in [2.75, 3.05) is 32.7 Å². The Kier molecular flexibility index (Phi) is 8.38. The maximum Gasteiger partial charge on any atom is 0.236 e. The number of hydrogen-bond donors (Lipinski definition) is 0. The monoisotopic (exact) mass is 214 g/mol. The number of carbonyl (C=O) groups excluding carboxylic acids is 1. The Hall–Kier alpha value is -0.570. The third kappa shape index (κ3) is 5.78. The van der Waals surface area contributed by atoms with E-state index in [1.807, 2.05) is 4.90 Å². The lowest BCUT2D eigenvalue weighted by molar-refractivity contribution is -0.132. The Balaban J connectivity index is 4.10. The molecule has 0 heterocycles. The maximum atomic E-state index is 11.9. The van der Waals surface area contributed by atoms with Crippen molar-refractivity contribution in [2.45, 2.75) is 40.5 Å². The van der Waals surface area contributed by atoms with Gasteiger partial charge in [-0.15, -0.1) is 0 Å². The summed E-state index contributed by atoms with van der Waals surface area (Å²) in [6.07, 6.45) is 2.09. The van der Waals surface area contributed by atoms with Crippen molar-refractivity contribution in [3.05, 3.63) is 0 Å². The summed E-state index contributed by atoms with van der Waals surface area (Å²) in [7, 11) is 0. The molecule has 0 aliphatic carbocycles. The molecule has 0 aromatic heterocycles. The molecule has 0 aromatic carbocycles. The summed E-state index contributed by atoms with van der Waals surface area (Å²) in [6, 6.07) is 0. The van der Waals surface area contributed by atoms with E-state index in [4.69, 9.17) is 0 Å². The molecule has 0 saturated heterocycles. The Labute approximate surface area is 94.4 Å². The van der Waals surface area contributed by atoms with Crippen LogP contribution < -0.4 is 0 Å². The molecule has 0 saturated carbocycles. The van der Waals surface area contributed by atoms with Crippen LogP contribution in [0.5, 0.6) is 0 Å². The second-order valence-electron chi connectivity index (χ2n) is 3.84. The molecule has 3 nitrogen and oxygen atoms in total. The average Bonchev–Trinajstić information content (AvgIpc) is 2.25. The minimum atomic E-state index is 0.280. The van der Waals surface area contributed by atoms with Crippen molar-refractivity contribution in [3.63, 3.8) is 0 Å². The molecule has 0 rings (SSSR count). The van der Waals surface area contributed by atoms with E-state index in [-0.39, 0.29) is 5.91 Å². The third-order valence-electron chi connectivity index (χ3n) is 2.59. The fraction of sp³-hybridized carbons (Fsp3) is 0.917. The molecular formula is C12H26N2O. The number of rotatable bonds is 8. The first-order valence-electron chi connectivity index (χ1n) is 6.19. The Morgan fingerprint density at radius 1 is 0.933 bits per heavy atom. The molecule has 0 bridgehead atoms. The third-order valence-corrected chi connectivity index (χ3v) is 2.59. The van der Waals surface area contributed by atoms with Gasteiger partial charge in [0.2, 0.25) is 5.91 Å². The predicted molar refractivity (Wildman–Crippen MR) is 65.0 cm³/mol. The molecule has 15 heavy (non-hydrogen) atoms. The molecule has 0 aliphatic heterocycles. The van der Waals surface area contributed by atoms with E-state index in [0.29, 0.717) is 6.54 Å². The number of carbonyl (C=O) groups is 1. The standard InChI is InChI=1S/C12H26N2O/c1-5-9-14(10-6-2)12(15)11-13(7-3)8-4/h5-11H2,1-4H3. The molecule has 3 heteroatoms. The van der Waals surface area contributed by atoms with Crippen molar-refractivity contribution in [1.82, 2.24) is 9.80 Å². The van der Waals surface area contributed by atoms with Crippen molar-refractivity contribution in [1.29, 1.82) is 0 Å². The van der Waals surface area contributed by atoms with Crippen molar-refractivity contribution < 1.29 is 4.79 Å². The van der Waals surface area contributed by atoms with Gasteiger partial charge in [0, 0.05) is 13.1 Å². The molecule has 0 atom stereocenters. The molecule has 0 N–H and O–H groups in total. The van der Waals surface area contributed by atoms with Crippen LogP contribution in [0.2, 0.25) is 0 Å². The van der Waals surface area contributed by atoms with Crippen LogP contribution in [0.4, 0.5) is 0 Å². The van der Waals surface area contributed by atoms with Gasteiger partial charge in [0.25, 0.3) is 0 Å². The fourth-order valence-electron chi connectivity index (χ4n) is 1.64. The zero-order chi connectivity index (χ0) is 11.7.